The van der Waals surface area contributed by atoms with Crippen molar-refractivity contribution in [2.45, 2.75) is 30.2 Å². The van der Waals surface area contributed by atoms with Crippen LogP contribution in [-0.4, -0.2) is 27.5 Å². The van der Waals surface area contributed by atoms with Crippen molar-refractivity contribution in [1.82, 2.24) is 10.0 Å². The van der Waals surface area contributed by atoms with E-state index < -0.39 is 15.8 Å². The Morgan fingerprint density at radius 1 is 1.44 bits per heavy atom. The smallest absolute Gasteiger partial charge is 0.240 e. The average molecular weight is 272 g/mol. The summed E-state index contributed by atoms with van der Waals surface area (Å²) in [6, 6.07) is 5.42. The van der Waals surface area contributed by atoms with Crippen LogP contribution in [0.1, 0.15) is 19.3 Å². The highest BCUT2D eigenvalue weighted by molar-refractivity contribution is 7.89. The fraction of sp³-hybridized carbons (Fsp3) is 0.500. The van der Waals surface area contributed by atoms with Crippen LogP contribution in [0.2, 0.25) is 0 Å². The first-order chi connectivity index (χ1) is 8.58. The van der Waals surface area contributed by atoms with Crippen molar-refractivity contribution in [2.75, 3.05) is 13.1 Å². The molecule has 100 valence electrons. The maximum Gasteiger partial charge on any atom is 0.240 e. The fourth-order valence-corrected chi connectivity index (χ4v) is 3.17. The Hall–Kier alpha value is -0.980. The molecule has 18 heavy (non-hydrogen) atoms. The van der Waals surface area contributed by atoms with Gasteiger partial charge in [0, 0.05) is 12.6 Å². The molecule has 4 nitrogen and oxygen atoms in total. The van der Waals surface area contributed by atoms with E-state index in [1.165, 1.54) is 18.2 Å². The second-order valence-electron chi connectivity index (χ2n) is 4.44. The molecule has 2 rings (SSSR count). The van der Waals surface area contributed by atoms with Crippen LogP contribution in [0.5, 0.6) is 0 Å². The van der Waals surface area contributed by atoms with Crippen LogP contribution in [0, 0.1) is 5.82 Å². The molecule has 1 saturated heterocycles. The molecule has 1 heterocycles. The van der Waals surface area contributed by atoms with Crippen molar-refractivity contribution in [3.05, 3.63) is 30.1 Å². The van der Waals surface area contributed by atoms with Gasteiger partial charge in [-0.1, -0.05) is 6.07 Å². The molecular formula is C12H17FN2O2S. The highest BCUT2D eigenvalue weighted by Crippen LogP contribution is 2.11. The first-order valence-corrected chi connectivity index (χ1v) is 7.55. The number of rotatable bonds is 5. The summed E-state index contributed by atoms with van der Waals surface area (Å²) in [4.78, 5) is -0.0260. The molecule has 0 aromatic heterocycles. The van der Waals surface area contributed by atoms with Crippen LogP contribution in [-0.2, 0) is 10.0 Å². The Bertz CT molecular complexity index is 499. The quantitative estimate of drug-likeness (QED) is 0.848. The summed E-state index contributed by atoms with van der Waals surface area (Å²) in [5.74, 6) is -0.546. The van der Waals surface area contributed by atoms with E-state index in [2.05, 4.69) is 10.0 Å². The van der Waals surface area contributed by atoms with Crippen molar-refractivity contribution in [3.8, 4) is 0 Å². The number of hydrogen-bond acceptors (Lipinski definition) is 3. The fourth-order valence-electron chi connectivity index (χ4n) is 2.09. The van der Waals surface area contributed by atoms with E-state index in [1.54, 1.807) is 0 Å². The molecule has 1 aliphatic rings. The minimum atomic E-state index is -3.59. The summed E-state index contributed by atoms with van der Waals surface area (Å²) in [7, 11) is -3.59. The van der Waals surface area contributed by atoms with Gasteiger partial charge < -0.3 is 5.32 Å². The first kappa shape index (κ1) is 13.5. The molecule has 1 fully saturated rings. The number of nitrogens with one attached hydrogen (secondary N) is 2. The van der Waals surface area contributed by atoms with Crippen LogP contribution >= 0.6 is 0 Å². The van der Waals surface area contributed by atoms with Crippen LogP contribution in [0.25, 0.3) is 0 Å². The van der Waals surface area contributed by atoms with Gasteiger partial charge >= 0.3 is 0 Å². The van der Waals surface area contributed by atoms with E-state index in [0.29, 0.717) is 12.6 Å². The van der Waals surface area contributed by atoms with Crippen molar-refractivity contribution in [1.29, 1.82) is 0 Å². The lowest BCUT2D eigenvalue weighted by molar-refractivity contribution is 0.538. The Labute approximate surface area is 107 Å². The summed E-state index contributed by atoms with van der Waals surface area (Å²) in [5.41, 5.74) is 0. The molecule has 1 aromatic carbocycles. The molecular weight excluding hydrogens is 255 g/mol. The number of sulfonamides is 1. The summed E-state index contributed by atoms with van der Waals surface area (Å²) < 4.78 is 39.2. The summed E-state index contributed by atoms with van der Waals surface area (Å²) >= 11 is 0. The maximum atomic E-state index is 13.0. The summed E-state index contributed by atoms with van der Waals surface area (Å²) in [6.45, 7) is 1.37. The Kier molecular flexibility index (Phi) is 4.31. The van der Waals surface area contributed by atoms with Gasteiger partial charge in [-0.3, -0.25) is 0 Å². The largest absolute Gasteiger partial charge is 0.314 e. The maximum absolute atomic E-state index is 13.0. The standard InChI is InChI=1S/C12H17FN2O2S/c13-10-3-1-5-12(9-10)18(16,17)15-8-6-11-4-2-7-14-11/h1,3,5,9,11,14-15H,2,4,6-8H2. The van der Waals surface area contributed by atoms with Gasteiger partial charge in [-0.25, -0.2) is 17.5 Å². The third-order valence-corrected chi connectivity index (χ3v) is 4.51. The predicted molar refractivity (Wildman–Crippen MR) is 67.2 cm³/mol. The van der Waals surface area contributed by atoms with Gasteiger partial charge in [0.1, 0.15) is 5.82 Å². The van der Waals surface area contributed by atoms with E-state index in [1.807, 2.05) is 0 Å². The zero-order valence-electron chi connectivity index (χ0n) is 10.0. The lowest BCUT2D eigenvalue weighted by atomic mass is 10.2. The zero-order valence-corrected chi connectivity index (χ0v) is 10.8. The predicted octanol–water partition coefficient (Wildman–Crippen LogP) is 1.25. The van der Waals surface area contributed by atoms with Gasteiger partial charge in [0.05, 0.1) is 4.90 Å². The summed E-state index contributed by atoms with van der Waals surface area (Å²) in [6.07, 6.45) is 2.98. The van der Waals surface area contributed by atoms with Crippen molar-refractivity contribution in [2.24, 2.45) is 0 Å². The van der Waals surface area contributed by atoms with Crippen LogP contribution in [0.3, 0.4) is 0 Å². The molecule has 0 bridgehead atoms. The van der Waals surface area contributed by atoms with E-state index >= 15 is 0 Å². The topological polar surface area (TPSA) is 58.2 Å². The molecule has 1 unspecified atom stereocenters. The number of halogens is 1. The third-order valence-electron chi connectivity index (χ3n) is 3.05. The summed E-state index contributed by atoms with van der Waals surface area (Å²) in [5, 5.41) is 3.30. The average Bonchev–Trinajstić information content (AvgIpc) is 2.82. The highest BCUT2D eigenvalue weighted by Gasteiger charge is 2.17. The second kappa shape index (κ2) is 5.77. The Morgan fingerprint density at radius 3 is 2.94 bits per heavy atom. The van der Waals surface area contributed by atoms with Gasteiger partial charge in [-0.05, 0) is 44.0 Å². The van der Waals surface area contributed by atoms with E-state index in [4.69, 9.17) is 0 Å². The molecule has 1 aromatic rings. The van der Waals surface area contributed by atoms with Crippen molar-refractivity contribution < 1.29 is 12.8 Å². The normalized spacial score (nSPS) is 20.2. The van der Waals surface area contributed by atoms with Crippen molar-refractivity contribution >= 4 is 10.0 Å². The number of hydrogen-bond donors (Lipinski definition) is 2. The van der Waals surface area contributed by atoms with E-state index in [9.17, 15) is 12.8 Å². The van der Waals surface area contributed by atoms with Gasteiger partial charge in [0.25, 0.3) is 0 Å². The molecule has 6 heteroatoms. The zero-order chi connectivity index (χ0) is 13.0. The lowest BCUT2D eigenvalue weighted by Gasteiger charge is -2.11. The van der Waals surface area contributed by atoms with E-state index in [-0.39, 0.29) is 4.90 Å². The molecule has 0 radical (unpaired) electrons. The van der Waals surface area contributed by atoms with Crippen molar-refractivity contribution in [3.63, 3.8) is 0 Å². The first-order valence-electron chi connectivity index (χ1n) is 6.06. The monoisotopic (exact) mass is 272 g/mol. The molecule has 0 spiro atoms. The van der Waals surface area contributed by atoms with Gasteiger partial charge in [0.2, 0.25) is 10.0 Å². The van der Waals surface area contributed by atoms with E-state index in [0.717, 1.165) is 31.9 Å². The minimum Gasteiger partial charge on any atom is -0.314 e. The van der Waals surface area contributed by atoms with Crippen LogP contribution in [0.4, 0.5) is 4.39 Å². The Morgan fingerprint density at radius 2 is 2.28 bits per heavy atom. The van der Waals surface area contributed by atoms with Crippen LogP contribution < -0.4 is 10.0 Å². The molecule has 1 aliphatic heterocycles. The lowest BCUT2D eigenvalue weighted by Crippen LogP contribution is -2.30. The molecule has 2 N–H and O–H groups in total. The van der Waals surface area contributed by atoms with Gasteiger partial charge in [0.15, 0.2) is 0 Å². The molecule has 0 aliphatic carbocycles. The third kappa shape index (κ3) is 3.51. The Balaban J connectivity index is 1.90. The SMILES string of the molecule is O=S(=O)(NCCC1CCCN1)c1cccc(F)c1. The molecule has 0 amide bonds. The highest BCUT2D eigenvalue weighted by atomic mass is 32.2. The second-order valence-corrected chi connectivity index (χ2v) is 6.20. The number of benzene rings is 1. The minimum absolute atomic E-state index is 0.0260. The van der Waals surface area contributed by atoms with Crippen LogP contribution in [0.15, 0.2) is 29.2 Å². The molecule has 1 atom stereocenters. The van der Waals surface area contributed by atoms with Gasteiger partial charge in [-0.15, -0.1) is 0 Å². The molecule has 0 saturated carbocycles. The van der Waals surface area contributed by atoms with Gasteiger partial charge in [-0.2, -0.15) is 0 Å².